The molecule has 0 bridgehead atoms. The predicted molar refractivity (Wildman–Crippen MR) is 144 cm³/mol. The third-order valence-corrected chi connectivity index (χ3v) is 6.86. The van der Waals surface area contributed by atoms with Gasteiger partial charge in [-0.3, -0.25) is 9.59 Å². The number of carbonyl (C=O) groups is 1. The van der Waals surface area contributed by atoms with Gasteiger partial charge in [-0.25, -0.2) is 0 Å². The number of ether oxygens (including phenoxy) is 4. The first-order valence-corrected chi connectivity index (χ1v) is 12.2. The van der Waals surface area contributed by atoms with Gasteiger partial charge in [-0.15, -0.1) is 0 Å². The highest BCUT2D eigenvalue weighted by atomic mass is 16.5. The number of hydrogen-bond donors (Lipinski definition) is 2. The Hall–Kier alpha value is -4.40. The standard InChI is InChI=1S/C29H32N2O7/c1-17-12-23(32)28(29(34)31(17)11-10-18-16-30-22-9-7-6-8-19(18)22)21(14-27(33)38-5)20-13-25(36-3)26(37-4)15-24(20)35-2/h6-9,12-13,15-16,21,30,32H,10-11,14H2,1-5H3. The molecule has 0 fully saturated rings. The average molecular weight is 521 g/mol. The number of rotatable bonds is 10. The van der Waals surface area contributed by atoms with E-state index in [1.807, 2.05) is 30.5 Å². The Morgan fingerprint density at radius 3 is 2.37 bits per heavy atom. The molecule has 9 nitrogen and oxygen atoms in total. The van der Waals surface area contributed by atoms with E-state index in [-0.39, 0.29) is 17.7 Å². The molecule has 9 heteroatoms. The lowest BCUT2D eigenvalue weighted by Gasteiger charge is -2.23. The summed E-state index contributed by atoms with van der Waals surface area (Å²) in [6.07, 6.45) is 2.34. The summed E-state index contributed by atoms with van der Waals surface area (Å²) in [5, 5.41) is 12.1. The fraction of sp³-hybridized carbons (Fsp3) is 0.310. The number of aromatic nitrogens is 2. The maximum atomic E-state index is 13.9. The van der Waals surface area contributed by atoms with Crippen molar-refractivity contribution < 1.29 is 28.8 Å². The van der Waals surface area contributed by atoms with Crippen molar-refractivity contribution in [3.05, 3.63) is 81.4 Å². The Labute approximate surface area is 220 Å². The quantitative estimate of drug-likeness (QED) is 0.300. The van der Waals surface area contributed by atoms with Gasteiger partial charge >= 0.3 is 5.97 Å². The minimum absolute atomic E-state index is 0.0745. The van der Waals surface area contributed by atoms with Crippen molar-refractivity contribution >= 4 is 16.9 Å². The Kier molecular flexibility index (Phi) is 7.95. The van der Waals surface area contributed by atoms with E-state index in [2.05, 4.69) is 4.98 Å². The molecule has 4 rings (SSSR count). The molecule has 1 unspecified atom stereocenters. The lowest BCUT2D eigenvalue weighted by Crippen LogP contribution is -2.29. The summed E-state index contributed by atoms with van der Waals surface area (Å²) in [6.45, 7) is 2.15. The Morgan fingerprint density at radius 2 is 1.68 bits per heavy atom. The first kappa shape index (κ1) is 26.7. The van der Waals surface area contributed by atoms with Gasteiger partial charge in [-0.1, -0.05) is 18.2 Å². The topological polar surface area (TPSA) is 112 Å². The molecule has 2 N–H and O–H groups in total. The summed E-state index contributed by atoms with van der Waals surface area (Å²) in [5.74, 6) is -0.428. The van der Waals surface area contributed by atoms with Gasteiger partial charge in [0.15, 0.2) is 11.5 Å². The molecule has 4 aromatic rings. The molecule has 2 aromatic heterocycles. The maximum Gasteiger partial charge on any atom is 0.306 e. The number of methoxy groups -OCH3 is 4. The second kappa shape index (κ2) is 11.3. The van der Waals surface area contributed by atoms with Crippen LogP contribution in [0.3, 0.4) is 0 Å². The Balaban J connectivity index is 1.83. The summed E-state index contributed by atoms with van der Waals surface area (Å²) >= 11 is 0. The van der Waals surface area contributed by atoms with E-state index in [0.717, 1.165) is 16.5 Å². The summed E-state index contributed by atoms with van der Waals surface area (Å²) in [6, 6.07) is 12.8. The monoisotopic (exact) mass is 520 g/mol. The largest absolute Gasteiger partial charge is 0.507 e. The van der Waals surface area contributed by atoms with E-state index in [0.29, 0.717) is 41.5 Å². The molecule has 2 aromatic carbocycles. The normalized spacial score (nSPS) is 11.8. The highest BCUT2D eigenvalue weighted by Crippen LogP contribution is 2.43. The number of H-pyrrole nitrogens is 1. The molecule has 38 heavy (non-hydrogen) atoms. The molecule has 200 valence electrons. The fourth-order valence-corrected chi connectivity index (χ4v) is 4.89. The van der Waals surface area contributed by atoms with Crippen LogP contribution < -0.4 is 19.8 Å². The number of aryl methyl sites for hydroxylation is 2. The minimum atomic E-state index is -0.871. The molecular formula is C29H32N2O7. The van der Waals surface area contributed by atoms with Crippen molar-refractivity contribution in [1.29, 1.82) is 0 Å². The molecular weight excluding hydrogens is 488 g/mol. The number of hydrogen-bond acceptors (Lipinski definition) is 7. The van der Waals surface area contributed by atoms with Gasteiger partial charge in [0, 0.05) is 46.9 Å². The van der Waals surface area contributed by atoms with Crippen LogP contribution in [0.2, 0.25) is 0 Å². The molecule has 0 aliphatic heterocycles. The third-order valence-electron chi connectivity index (χ3n) is 6.86. The summed E-state index contributed by atoms with van der Waals surface area (Å²) in [4.78, 5) is 29.7. The van der Waals surface area contributed by atoms with Crippen LogP contribution in [0.25, 0.3) is 10.9 Å². The van der Waals surface area contributed by atoms with Crippen LogP contribution in [0.1, 0.15) is 34.7 Å². The van der Waals surface area contributed by atoms with Gasteiger partial charge in [0.25, 0.3) is 5.56 Å². The number of aromatic amines is 1. The number of nitrogens with one attached hydrogen (secondary N) is 1. The summed E-state index contributed by atoms with van der Waals surface area (Å²) < 4.78 is 23.0. The predicted octanol–water partition coefficient (Wildman–Crippen LogP) is 4.31. The average Bonchev–Trinajstić information content (AvgIpc) is 3.34. The molecule has 1 atom stereocenters. The van der Waals surface area contributed by atoms with Gasteiger partial charge in [0.2, 0.25) is 0 Å². The zero-order valence-electron chi connectivity index (χ0n) is 22.2. The molecule has 0 aliphatic carbocycles. The van der Waals surface area contributed by atoms with Crippen LogP contribution in [0, 0.1) is 6.92 Å². The van der Waals surface area contributed by atoms with E-state index in [9.17, 15) is 14.7 Å². The van der Waals surface area contributed by atoms with Gasteiger partial charge in [-0.05, 0) is 37.1 Å². The lowest BCUT2D eigenvalue weighted by atomic mass is 9.87. The van der Waals surface area contributed by atoms with Gasteiger partial charge in [-0.2, -0.15) is 0 Å². The zero-order chi connectivity index (χ0) is 27.4. The number of benzene rings is 2. The first-order chi connectivity index (χ1) is 18.3. The fourth-order valence-electron chi connectivity index (χ4n) is 4.89. The van der Waals surface area contributed by atoms with Crippen molar-refractivity contribution in [3.63, 3.8) is 0 Å². The zero-order valence-corrected chi connectivity index (χ0v) is 22.2. The molecule has 0 amide bonds. The van der Waals surface area contributed by atoms with E-state index in [1.54, 1.807) is 29.7 Å². The molecule has 0 aliphatic rings. The van der Waals surface area contributed by atoms with Crippen molar-refractivity contribution in [1.82, 2.24) is 9.55 Å². The highest BCUT2D eigenvalue weighted by Gasteiger charge is 2.30. The van der Waals surface area contributed by atoms with Gasteiger partial charge < -0.3 is 33.6 Å². The molecule has 0 saturated carbocycles. The SMILES string of the molecule is COC(=O)CC(c1cc(OC)c(OC)cc1OC)c1c(O)cc(C)n(CCc2c[nH]c3ccccc23)c1=O. The number of nitrogens with zero attached hydrogens (tertiary/aromatic N) is 1. The number of aromatic hydroxyl groups is 1. The van der Waals surface area contributed by atoms with Crippen LogP contribution in [0.15, 0.2) is 53.5 Å². The lowest BCUT2D eigenvalue weighted by molar-refractivity contribution is -0.140. The van der Waals surface area contributed by atoms with Crippen molar-refractivity contribution in [2.75, 3.05) is 28.4 Å². The second-order valence-corrected chi connectivity index (χ2v) is 8.93. The van der Waals surface area contributed by atoms with Crippen LogP contribution in [0.4, 0.5) is 0 Å². The van der Waals surface area contributed by atoms with Crippen LogP contribution in [-0.2, 0) is 22.5 Å². The number of carbonyl (C=O) groups excluding carboxylic acids is 1. The van der Waals surface area contributed by atoms with Gasteiger partial charge in [0.05, 0.1) is 40.4 Å². The summed E-state index contributed by atoms with van der Waals surface area (Å²) in [5.41, 5.74) is 2.87. The van der Waals surface area contributed by atoms with Crippen LogP contribution in [0.5, 0.6) is 23.0 Å². The smallest absolute Gasteiger partial charge is 0.306 e. The van der Waals surface area contributed by atoms with E-state index in [1.165, 1.54) is 28.4 Å². The minimum Gasteiger partial charge on any atom is -0.507 e. The van der Waals surface area contributed by atoms with E-state index < -0.39 is 17.4 Å². The number of esters is 1. The summed E-state index contributed by atoms with van der Waals surface area (Å²) in [7, 11) is 5.75. The first-order valence-electron chi connectivity index (χ1n) is 12.2. The number of fused-ring (bicyclic) bond motifs is 1. The molecule has 0 spiro atoms. The number of pyridine rings is 1. The van der Waals surface area contributed by atoms with Gasteiger partial charge in [0.1, 0.15) is 11.5 Å². The van der Waals surface area contributed by atoms with Crippen LogP contribution in [-0.4, -0.2) is 49.1 Å². The Morgan fingerprint density at radius 1 is 1.00 bits per heavy atom. The molecule has 0 radical (unpaired) electrons. The molecule has 0 saturated heterocycles. The van der Waals surface area contributed by atoms with Crippen molar-refractivity contribution in [3.8, 4) is 23.0 Å². The van der Waals surface area contributed by atoms with E-state index in [4.69, 9.17) is 18.9 Å². The number of para-hydroxylation sites is 1. The Bertz CT molecular complexity index is 1520. The second-order valence-electron chi connectivity index (χ2n) is 8.93. The molecule has 2 heterocycles. The van der Waals surface area contributed by atoms with Crippen LogP contribution >= 0.6 is 0 Å². The van der Waals surface area contributed by atoms with Crippen molar-refractivity contribution in [2.45, 2.75) is 32.2 Å². The highest BCUT2D eigenvalue weighted by molar-refractivity contribution is 5.83. The van der Waals surface area contributed by atoms with E-state index >= 15 is 0 Å². The third kappa shape index (κ3) is 5.04. The maximum absolute atomic E-state index is 13.9. The van der Waals surface area contributed by atoms with Crippen molar-refractivity contribution in [2.24, 2.45) is 0 Å².